The lowest BCUT2D eigenvalue weighted by atomic mass is 10.2. The Bertz CT molecular complexity index is 870. The number of carbonyl (C=O) groups excluding carboxylic acids is 1. The Labute approximate surface area is 149 Å². The first-order valence-electron chi connectivity index (χ1n) is 7.45. The number of hydrazine groups is 1. The number of nitrogens with zero attached hydrogens (tertiary/aromatic N) is 3. The van der Waals surface area contributed by atoms with Crippen LogP contribution in [0.2, 0.25) is 0 Å². The van der Waals surface area contributed by atoms with Gasteiger partial charge in [0.1, 0.15) is 17.0 Å². The minimum Gasteiger partial charge on any atom is -0.393 e. The molecule has 0 aliphatic heterocycles. The molecule has 7 nitrogen and oxygen atoms in total. The summed E-state index contributed by atoms with van der Waals surface area (Å²) in [6.45, 7) is 2.03. The summed E-state index contributed by atoms with van der Waals surface area (Å²) < 4.78 is 0. The van der Waals surface area contributed by atoms with Gasteiger partial charge in [0, 0.05) is 17.3 Å². The molecule has 0 radical (unpaired) electrons. The van der Waals surface area contributed by atoms with Crippen molar-refractivity contribution in [3.05, 3.63) is 66.2 Å². The standard InChI is InChI=1S/C17H16N6OS/c1-11-4-6-13(7-5-11)25-17-14(18)15(20-10-21-17)22-23-16(24)12-3-2-8-19-9-12/h2-10H,18H2,1H3,(H,23,24)(H,20,21,22). The minimum absolute atomic E-state index is 0.334. The van der Waals surface area contributed by atoms with Gasteiger partial charge >= 0.3 is 0 Å². The molecular formula is C17H16N6OS. The highest BCUT2D eigenvalue weighted by atomic mass is 32.2. The van der Waals surface area contributed by atoms with Crippen molar-refractivity contribution in [1.29, 1.82) is 0 Å². The van der Waals surface area contributed by atoms with Crippen molar-refractivity contribution in [3.8, 4) is 0 Å². The van der Waals surface area contributed by atoms with Crippen LogP contribution in [0.1, 0.15) is 15.9 Å². The van der Waals surface area contributed by atoms with Crippen LogP contribution in [0.5, 0.6) is 0 Å². The van der Waals surface area contributed by atoms with Gasteiger partial charge in [-0.1, -0.05) is 29.5 Å². The van der Waals surface area contributed by atoms with Crippen molar-refractivity contribution in [1.82, 2.24) is 20.4 Å². The molecule has 0 unspecified atom stereocenters. The molecule has 1 amide bonds. The number of pyridine rings is 1. The van der Waals surface area contributed by atoms with Gasteiger partial charge in [-0.3, -0.25) is 20.6 Å². The van der Waals surface area contributed by atoms with E-state index in [9.17, 15) is 4.79 Å². The average molecular weight is 352 g/mol. The van der Waals surface area contributed by atoms with Crippen LogP contribution in [0.25, 0.3) is 0 Å². The summed E-state index contributed by atoms with van der Waals surface area (Å²) >= 11 is 1.43. The smallest absolute Gasteiger partial charge is 0.271 e. The third-order valence-corrected chi connectivity index (χ3v) is 4.33. The van der Waals surface area contributed by atoms with Crippen LogP contribution in [0.15, 0.2) is 65.0 Å². The second-order valence-corrected chi connectivity index (χ2v) is 6.24. The van der Waals surface area contributed by atoms with Gasteiger partial charge in [0.25, 0.3) is 5.91 Å². The lowest BCUT2D eigenvalue weighted by Gasteiger charge is -2.11. The highest BCUT2D eigenvalue weighted by molar-refractivity contribution is 7.99. The number of amides is 1. The average Bonchev–Trinajstić information content (AvgIpc) is 2.64. The summed E-state index contributed by atoms with van der Waals surface area (Å²) in [5.41, 5.74) is 13.4. The van der Waals surface area contributed by atoms with Gasteiger partial charge in [0.05, 0.1) is 5.56 Å². The van der Waals surface area contributed by atoms with E-state index in [1.54, 1.807) is 18.3 Å². The fourth-order valence-electron chi connectivity index (χ4n) is 1.96. The summed E-state index contributed by atoms with van der Waals surface area (Å²) in [6.07, 6.45) is 4.46. The lowest BCUT2D eigenvalue weighted by molar-refractivity contribution is 0.0962. The number of rotatable bonds is 5. The van der Waals surface area contributed by atoms with Gasteiger partial charge in [-0.05, 0) is 31.2 Å². The Morgan fingerprint density at radius 2 is 1.96 bits per heavy atom. The molecule has 0 saturated carbocycles. The van der Waals surface area contributed by atoms with Gasteiger partial charge in [-0.25, -0.2) is 9.97 Å². The van der Waals surface area contributed by atoms with Gasteiger partial charge in [-0.2, -0.15) is 0 Å². The van der Waals surface area contributed by atoms with Crippen molar-refractivity contribution in [2.45, 2.75) is 16.8 Å². The molecule has 126 valence electrons. The molecule has 0 spiro atoms. The predicted molar refractivity (Wildman–Crippen MR) is 97.1 cm³/mol. The Morgan fingerprint density at radius 1 is 1.16 bits per heavy atom. The number of hydrogen-bond donors (Lipinski definition) is 3. The monoisotopic (exact) mass is 352 g/mol. The molecule has 1 aromatic carbocycles. The SMILES string of the molecule is Cc1ccc(Sc2ncnc(NNC(=O)c3cccnc3)c2N)cc1. The molecular weight excluding hydrogens is 336 g/mol. The van der Waals surface area contributed by atoms with Crippen molar-refractivity contribution in [2.75, 3.05) is 11.2 Å². The molecule has 25 heavy (non-hydrogen) atoms. The van der Waals surface area contributed by atoms with Gasteiger partial charge in [0.15, 0.2) is 5.82 Å². The largest absolute Gasteiger partial charge is 0.393 e. The zero-order valence-electron chi connectivity index (χ0n) is 13.4. The summed E-state index contributed by atoms with van der Waals surface area (Å²) in [7, 11) is 0. The third-order valence-electron chi connectivity index (χ3n) is 3.30. The van der Waals surface area contributed by atoms with Crippen molar-refractivity contribution >= 4 is 29.2 Å². The number of hydrogen-bond acceptors (Lipinski definition) is 7. The maximum absolute atomic E-state index is 12.0. The molecule has 0 aliphatic carbocycles. The number of nitrogens with two attached hydrogens (primary N) is 1. The van der Waals surface area contributed by atoms with Crippen LogP contribution in [0, 0.1) is 6.92 Å². The molecule has 3 rings (SSSR count). The molecule has 4 N–H and O–H groups in total. The van der Waals surface area contributed by atoms with E-state index in [2.05, 4.69) is 25.8 Å². The number of aryl methyl sites for hydroxylation is 1. The fraction of sp³-hybridized carbons (Fsp3) is 0.0588. The fourth-order valence-corrected chi connectivity index (χ4v) is 2.77. The number of aromatic nitrogens is 3. The summed E-state index contributed by atoms with van der Waals surface area (Å²) in [6, 6.07) is 11.4. The van der Waals surface area contributed by atoms with E-state index in [-0.39, 0.29) is 5.91 Å². The summed E-state index contributed by atoms with van der Waals surface area (Å²) in [4.78, 5) is 25.2. The second-order valence-electron chi connectivity index (χ2n) is 5.18. The van der Waals surface area contributed by atoms with E-state index < -0.39 is 0 Å². The molecule has 0 bridgehead atoms. The van der Waals surface area contributed by atoms with Crippen LogP contribution in [0.4, 0.5) is 11.5 Å². The first kappa shape index (κ1) is 16.7. The Morgan fingerprint density at radius 3 is 2.68 bits per heavy atom. The van der Waals surface area contributed by atoms with Gasteiger partial charge in [0.2, 0.25) is 0 Å². The van der Waals surface area contributed by atoms with Crippen LogP contribution in [0.3, 0.4) is 0 Å². The maximum atomic E-state index is 12.0. The Balaban J connectivity index is 1.70. The van der Waals surface area contributed by atoms with E-state index in [1.165, 1.54) is 29.8 Å². The number of nitrogen functional groups attached to an aromatic ring is 1. The first-order valence-corrected chi connectivity index (χ1v) is 8.26. The van der Waals surface area contributed by atoms with Crippen LogP contribution < -0.4 is 16.6 Å². The molecule has 2 heterocycles. The molecule has 0 fully saturated rings. The molecule has 2 aromatic heterocycles. The van der Waals surface area contributed by atoms with Gasteiger partial charge < -0.3 is 5.73 Å². The summed E-state index contributed by atoms with van der Waals surface area (Å²) in [5.74, 6) is 0.000650. The topological polar surface area (TPSA) is 106 Å². The Hall–Kier alpha value is -3.13. The molecule has 0 saturated heterocycles. The molecule has 0 atom stereocenters. The predicted octanol–water partition coefficient (Wildman–Crippen LogP) is 2.67. The van der Waals surface area contributed by atoms with Crippen LogP contribution >= 0.6 is 11.8 Å². The Kier molecular flexibility index (Phi) is 5.10. The lowest BCUT2D eigenvalue weighted by Crippen LogP contribution is -2.30. The zero-order chi connectivity index (χ0) is 17.6. The zero-order valence-corrected chi connectivity index (χ0v) is 14.2. The number of nitrogens with one attached hydrogen (secondary N) is 2. The number of carbonyl (C=O) groups is 1. The number of anilines is 2. The number of benzene rings is 1. The van der Waals surface area contributed by atoms with E-state index in [4.69, 9.17) is 5.73 Å². The van der Waals surface area contributed by atoms with Crippen LogP contribution in [-0.2, 0) is 0 Å². The third kappa shape index (κ3) is 4.24. The summed E-state index contributed by atoms with van der Waals surface area (Å²) in [5, 5.41) is 0.608. The highest BCUT2D eigenvalue weighted by Gasteiger charge is 2.11. The highest BCUT2D eigenvalue weighted by Crippen LogP contribution is 2.32. The van der Waals surface area contributed by atoms with E-state index >= 15 is 0 Å². The van der Waals surface area contributed by atoms with E-state index in [0.717, 1.165) is 4.90 Å². The molecule has 0 aliphatic rings. The van der Waals surface area contributed by atoms with Crippen molar-refractivity contribution in [2.24, 2.45) is 0 Å². The normalized spacial score (nSPS) is 10.3. The molecule has 3 aromatic rings. The quantitative estimate of drug-likeness (QED) is 0.479. The molecule has 8 heteroatoms. The van der Waals surface area contributed by atoms with Crippen LogP contribution in [-0.4, -0.2) is 20.9 Å². The van der Waals surface area contributed by atoms with E-state index in [0.29, 0.717) is 22.1 Å². The van der Waals surface area contributed by atoms with Crippen molar-refractivity contribution in [3.63, 3.8) is 0 Å². The maximum Gasteiger partial charge on any atom is 0.271 e. The van der Waals surface area contributed by atoms with E-state index in [1.807, 2.05) is 31.2 Å². The second kappa shape index (κ2) is 7.63. The minimum atomic E-state index is -0.334. The van der Waals surface area contributed by atoms with Crippen molar-refractivity contribution < 1.29 is 4.79 Å². The van der Waals surface area contributed by atoms with Gasteiger partial charge in [-0.15, -0.1) is 0 Å². The first-order chi connectivity index (χ1) is 12.1.